The van der Waals surface area contributed by atoms with Gasteiger partial charge in [0.05, 0.1) is 52.9 Å². The van der Waals surface area contributed by atoms with Gasteiger partial charge in [0.2, 0.25) is 23.6 Å². The molecule has 0 aromatic heterocycles. The highest BCUT2D eigenvalue weighted by molar-refractivity contribution is 5.74. The van der Waals surface area contributed by atoms with Crippen LogP contribution in [-0.2, 0) is 95.0 Å². The van der Waals surface area contributed by atoms with Crippen LogP contribution in [-0.4, -0.2) is 397 Å². The van der Waals surface area contributed by atoms with Crippen LogP contribution in [0.25, 0.3) is 0 Å². The number of aliphatic hydroxyl groups is 17. The minimum Gasteiger partial charge on any atom is -0.394 e. The molecule has 12 unspecified atom stereocenters. The minimum atomic E-state index is -2.11. The molecule has 0 radical (unpaired) electrons. The van der Waals surface area contributed by atoms with Crippen molar-refractivity contribution >= 4 is 23.6 Å². The molecule has 36 atom stereocenters. The molecule has 8 saturated heterocycles. The number of hydrogen-bond donors (Lipinski definition) is 22. The summed E-state index contributed by atoms with van der Waals surface area (Å²) in [6, 6.07) is -6.26. The highest BCUT2D eigenvalue weighted by atomic mass is 16.8. The summed E-state index contributed by atoms with van der Waals surface area (Å²) in [5.41, 5.74) is 5.53. The molecule has 99 heavy (non-hydrogen) atoms. The maximum Gasteiger partial charge on any atom is 0.217 e. The minimum absolute atomic E-state index is 0.195. The fraction of sp³-hybridized carbons (Fsp3) is 0.930. The van der Waals surface area contributed by atoms with Gasteiger partial charge in [0.15, 0.2) is 50.3 Å². The SMILES string of the molecule is CC(=O)NC1[C@@H](O[C@@H]2CO[C@@H](O[C@@H]3C(CO)O[C@H](O[C@@H]4CO[C@@H](O[C@@H]5C(CO)O[C@H](O[C@@H]6CO[C@@H](O[C@@H]7C(CO)O[C@H](O[C@@H]8CO[C@@H](OCCCCCN)C(O)[C@H]8O)C(NC(C)=O)[C@H]7O)C(O)[C@@H]6O)C(NC(C)=O)[C@H]5O)C(O)[C@H]4O)C(NC(C)=O)[C@H]3O)C(O)[C@@H]2O)OC(CO)[C@@H](O)[C@@H]1O. The van der Waals surface area contributed by atoms with E-state index in [4.69, 9.17) is 81.5 Å². The first-order chi connectivity index (χ1) is 47.0. The molecule has 0 aromatic carbocycles. The Morgan fingerprint density at radius 1 is 0.333 bits per heavy atom. The van der Waals surface area contributed by atoms with Crippen molar-refractivity contribution in [2.24, 2.45) is 5.73 Å². The van der Waals surface area contributed by atoms with Gasteiger partial charge in [-0.2, -0.15) is 0 Å². The summed E-state index contributed by atoms with van der Waals surface area (Å²) in [4.78, 5) is 49.6. The van der Waals surface area contributed by atoms with Gasteiger partial charge in [-0.15, -0.1) is 0 Å². The molecule has 0 aliphatic carbocycles. The first-order valence-electron chi connectivity index (χ1n) is 32.4. The second-order valence-corrected chi connectivity index (χ2v) is 25.2. The van der Waals surface area contributed by atoms with E-state index < -0.39 is 291 Å². The molecular formula is C57H97N5O37. The zero-order valence-electron chi connectivity index (χ0n) is 54.3. The lowest BCUT2D eigenvalue weighted by Gasteiger charge is -2.49. The molecular weight excluding hydrogens is 1350 g/mol. The predicted octanol–water partition coefficient (Wildman–Crippen LogP) is -14.2. The Bertz CT molecular complexity index is 2530. The number of nitrogens with one attached hydrogen (secondary N) is 4. The summed E-state index contributed by atoms with van der Waals surface area (Å²) in [5, 5.41) is 197. The third kappa shape index (κ3) is 19.5. The summed E-state index contributed by atoms with van der Waals surface area (Å²) in [6.07, 6.45) is -53.3. The first-order valence-corrected chi connectivity index (χ1v) is 32.4. The Labute approximate surface area is 565 Å². The van der Waals surface area contributed by atoms with Gasteiger partial charge in [-0.05, 0) is 25.8 Å². The first kappa shape index (κ1) is 81.2. The maximum absolute atomic E-state index is 12.7. The van der Waals surface area contributed by atoms with E-state index in [1.165, 1.54) is 0 Å². The highest BCUT2D eigenvalue weighted by Gasteiger charge is 2.58. The van der Waals surface area contributed by atoms with Crippen molar-refractivity contribution in [2.45, 2.75) is 268 Å². The van der Waals surface area contributed by atoms with E-state index in [0.29, 0.717) is 13.0 Å². The smallest absolute Gasteiger partial charge is 0.217 e. The van der Waals surface area contributed by atoms with E-state index in [-0.39, 0.29) is 13.2 Å². The Morgan fingerprint density at radius 2 is 0.606 bits per heavy atom. The van der Waals surface area contributed by atoms with Crippen molar-refractivity contribution in [1.82, 2.24) is 21.3 Å². The molecule has 0 bridgehead atoms. The van der Waals surface area contributed by atoms with E-state index in [2.05, 4.69) is 21.3 Å². The lowest BCUT2D eigenvalue weighted by Crippen LogP contribution is -2.69. The number of amides is 4. The molecule has 8 rings (SSSR count). The maximum atomic E-state index is 12.7. The van der Waals surface area contributed by atoms with E-state index in [9.17, 15) is 106 Å². The van der Waals surface area contributed by atoms with Crippen LogP contribution in [0.5, 0.6) is 0 Å². The van der Waals surface area contributed by atoms with Crippen LogP contribution in [0.1, 0.15) is 47.0 Å². The normalized spacial score (nSPS) is 46.0. The van der Waals surface area contributed by atoms with Crippen molar-refractivity contribution < 1.29 is 182 Å². The largest absolute Gasteiger partial charge is 0.394 e. The summed E-state index contributed by atoms with van der Waals surface area (Å²) in [6.45, 7) is -0.966. The fourth-order valence-electron chi connectivity index (χ4n) is 12.6. The standard InChI is InChI=1S/C57H97N5O37/c1-18(67)59-30-39(76)34(71)22(10-63)89-50(30)93-27-15-86-55(44(81)36(27)73)97-48-24(12-65)91-52(32(41(48)78)61-20(3)69)95-29-17-88-57(46(83)38(29)75)99-49-25(13-66)92-53(33(42(49)79)62-21(4)70)96-28-16-87-56(45(82)37(28)74)98-47-23(11-64)90-51(31(40(47)77)60-19(2)68)94-26-14-85-54(43(80)35(26)72)84-9-7-5-6-8-58/h22-57,63-66,71-83H,5-17,58H2,1-4H3,(H,59,67)(H,60,68)(H,61,69)(H,62,70)/t22?,23?,24?,25?,26-,27-,28-,29-,30?,31?,32?,33?,34-,35+,36-,37-,38+,39-,40-,41-,42-,43?,44?,45?,46?,47-,48-,49-,50-,51-,52-,53-,54-,55+,56+,57+/m1/s1. The van der Waals surface area contributed by atoms with Gasteiger partial charge in [0, 0.05) is 34.3 Å². The summed E-state index contributed by atoms with van der Waals surface area (Å²) >= 11 is 0. The second kappa shape index (κ2) is 37.0. The molecule has 23 N–H and O–H groups in total. The molecule has 42 nitrogen and oxygen atoms in total. The van der Waals surface area contributed by atoms with Crippen LogP contribution in [0.2, 0.25) is 0 Å². The lowest BCUT2D eigenvalue weighted by atomic mass is 9.95. The number of hydrogen-bond acceptors (Lipinski definition) is 38. The average molecular weight is 1440 g/mol. The van der Waals surface area contributed by atoms with E-state index >= 15 is 0 Å². The van der Waals surface area contributed by atoms with Crippen molar-refractivity contribution in [3.05, 3.63) is 0 Å². The van der Waals surface area contributed by atoms with Crippen LogP contribution >= 0.6 is 0 Å². The molecule has 0 saturated carbocycles. The van der Waals surface area contributed by atoms with Crippen molar-refractivity contribution in [2.75, 3.05) is 66.0 Å². The third-order valence-corrected chi connectivity index (χ3v) is 17.9. The summed E-state index contributed by atoms with van der Waals surface area (Å²) in [7, 11) is 0. The van der Waals surface area contributed by atoms with Crippen LogP contribution in [0.15, 0.2) is 0 Å². The zero-order valence-corrected chi connectivity index (χ0v) is 54.3. The molecule has 8 fully saturated rings. The number of rotatable bonds is 28. The van der Waals surface area contributed by atoms with E-state index in [0.717, 1.165) is 40.5 Å². The van der Waals surface area contributed by atoms with Gasteiger partial charge in [-0.1, -0.05) is 0 Å². The average Bonchev–Trinajstić information content (AvgIpc) is 0.788. The van der Waals surface area contributed by atoms with Crippen molar-refractivity contribution in [3.63, 3.8) is 0 Å². The highest BCUT2D eigenvalue weighted by Crippen LogP contribution is 2.37. The van der Waals surface area contributed by atoms with E-state index in [1.54, 1.807) is 0 Å². The van der Waals surface area contributed by atoms with Crippen molar-refractivity contribution in [3.8, 4) is 0 Å². The topological polar surface area (TPSA) is 634 Å². The molecule has 4 amide bonds. The third-order valence-electron chi connectivity index (χ3n) is 17.9. The Balaban J connectivity index is 0.853. The Kier molecular flexibility index (Phi) is 30.3. The number of aliphatic hydroxyl groups excluding tert-OH is 17. The number of ether oxygens (including phenoxy) is 16. The number of unbranched alkanes of at least 4 members (excludes halogenated alkanes) is 2. The van der Waals surface area contributed by atoms with Gasteiger partial charge in [-0.25, -0.2) is 0 Å². The lowest BCUT2D eigenvalue weighted by molar-refractivity contribution is -0.371. The summed E-state index contributed by atoms with van der Waals surface area (Å²) < 4.78 is 93.0. The predicted molar refractivity (Wildman–Crippen MR) is 313 cm³/mol. The molecule has 0 aromatic rings. The number of nitrogens with two attached hydrogens (primary N) is 1. The molecule has 8 heterocycles. The Morgan fingerprint density at radius 3 is 0.889 bits per heavy atom. The van der Waals surface area contributed by atoms with Gasteiger partial charge in [-0.3, -0.25) is 19.2 Å². The van der Waals surface area contributed by atoms with Gasteiger partial charge < -0.3 is 190 Å². The molecule has 42 heteroatoms. The van der Waals surface area contributed by atoms with Crippen molar-refractivity contribution in [1.29, 1.82) is 0 Å². The molecule has 8 aliphatic heterocycles. The van der Waals surface area contributed by atoms with Gasteiger partial charge >= 0.3 is 0 Å². The molecule has 0 spiro atoms. The van der Waals surface area contributed by atoms with Gasteiger partial charge in [0.25, 0.3) is 0 Å². The van der Waals surface area contributed by atoms with Crippen LogP contribution < -0.4 is 27.0 Å². The molecule has 572 valence electrons. The van der Waals surface area contributed by atoms with Crippen LogP contribution in [0.3, 0.4) is 0 Å². The van der Waals surface area contributed by atoms with Gasteiger partial charge in [0.1, 0.15) is 171 Å². The molecule has 8 aliphatic rings. The summed E-state index contributed by atoms with van der Waals surface area (Å²) in [5.74, 6) is -2.96. The monoisotopic (exact) mass is 1440 g/mol. The second-order valence-electron chi connectivity index (χ2n) is 25.2. The Hall–Kier alpha value is -3.48. The number of carbonyl (C=O) groups is 4. The fourth-order valence-corrected chi connectivity index (χ4v) is 12.6. The quantitative estimate of drug-likeness (QED) is 0.0324. The van der Waals surface area contributed by atoms with Crippen LogP contribution in [0.4, 0.5) is 0 Å². The zero-order chi connectivity index (χ0) is 72.4. The van der Waals surface area contributed by atoms with Crippen LogP contribution in [0, 0.1) is 0 Å². The van der Waals surface area contributed by atoms with E-state index in [1.807, 2.05) is 0 Å². The number of carbonyl (C=O) groups excluding carboxylic acids is 4.